The van der Waals surface area contributed by atoms with Crippen molar-refractivity contribution in [2.75, 3.05) is 33.3 Å². The number of ether oxygens (including phenoxy) is 1. The Kier molecular flexibility index (Phi) is 6.79. The minimum absolute atomic E-state index is 0.00396. The van der Waals surface area contributed by atoms with Crippen LogP contribution in [-0.2, 0) is 17.6 Å². The molecule has 6 nitrogen and oxygen atoms in total. The highest BCUT2D eigenvalue weighted by Gasteiger charge is 2.32. The van der Waals surface area contributed by atoms with Crippen LogP contribution in [0.25, 0.3) is 10.9 Å². The van der Waals surface area contributed by atoms with Crippen LogP contribution in [-0.4, -0.2) is 60.3 Å². The van der Waals surface area contributed by atoms with E-state index in [1.54, 1.807) is 7.11 Å². The molecule has 1 fully saturated rings. The quantitative estimate of drug-likeness (QED) is 0.587. The zero-order valence-electron chi connectivity index (χ0n) is 17.8. The first-order valence-corrected chi connectivity index (χ1v) is 10.7. The van der Waals surface area contributed by atoms with Gasteiger partial charge in [-0.1, -0.05) is 30.3 Å². The fraction of sp³-hybridized carbons (Fsp3) is 0.360. The van der Waals surface area contributed by atoms with Crippen molar-refractivity contribution < 1.29 is 14.6 Å². The smallest absolute Gasteiger partial charge is 0.234 e. The lowest BCUT2D eigenvalue weighted by molar-refractivity contribution is -0.122. The number of nitrogens with one attached hydrogen (secondary N) is 1. The molecule has 1 aliphatic heterocycles. The van der Waals surface area contributed by atoms with E-state index in [9.17, 15) is 9.90 Å². The second kappa shape index (κ2) is 9.90. The lowest BCUT2D eigenvalue weighted by Gasteiger charge is -2.16. The predicted octanol–water partition coefficient (Wildman–Crippen LogP) is 2.44. The molecular formula is C25H29N3O3. The lowest BCUT2D eigenvalue weighted by atomic mass is 9.94. The number of aromatic nitrogens is 1. The van der Waals surface area contributed by atoms with Gasteiger partial charge >= 0.3 is 0 Å². The van der Waals surface area contributed by atoms with E-state index in [1.165, 1.54) is 5.56 Å². The van der Waals surface area contributed by atoms with Gasteiger partial charge in [0.2, 0.25) is 5.91 Å². The van der Waals surface area contributed by atoms with Gasteiger partial charge in [-0.2, -0.15) is 0 Å². The maximum atomic E-state index is 12.4. The molecule has 4 rings (SSSR count). The molecule has 2 unspecified atom stereocenters. The first kappa shape index (κ1) is 21.3. The Labute approximate surface area is 182 Å². The third kappa shape index (κ3) is 5.40. The number of benzene rings is 2. The number of hydrogen-bond acceptors (Lipinski definition) is 5. The normalized spacial score (nSPS) is 18.9. The first-order valence-electron chi connectivity index (χ1n) is 10.7. The van der Waals surface area contributed by atoms with E-state index in [4.69, 9.17) is 4.74 Å². The van der Waals surface area contributed by atoms with Crippen LogP contribution in [0.4, 0.5) is 0 Å². The molecule has 0 aliphatic carbocycles. The Bertz CT molecular complexity index is 1020. The number of rotatable bonds is 8. The van der Waals surface area contributed by atoms with Gasteiger partial charge in [0, 0.05) is 37.1 Å². The summed E-state index contributed by atoms with van der Waals surface area (Å²) in [5, 5.41) is 14.7. The Morgan fingerprint density at radius 3 is 2.77 bits per heavy atom. The van der Waals surface area contributed by atoms with Crippen LogP contribution < -0.4 is 10.1 Å². The van der Waals surface area contributed by atoms with Crippen LogP contribution in [0, 0.1) is 5.92 Å². The standard InChI is InChI=1S/C25H29N3O3/c1-31-21-8-6-18(7-9-21)10-12-27-25(30)17-28-15-20(24(29)16-28)14-19-11-13-26-23-5-3-2-4-22(19)23/h2-9,11,13,20,24,29H,10,12,14-17H2,1H3,(H,27,30). The monoisotopic (exact) mass is 419 g/mol. The van der Waals surface area contributed by atoms with Crippen molar-refractivity contribution in [1.29, 1.82) is 0 Å². The zero-order chi connectivity index (χ0) is 21.6. The highest BCUT2D eigenvalue weighted by Crippen LogP contribution is 2.25. The average Bonchev–Trinajstić information content (AvgIpc) is 3.13. The van der Waals surface area contributed by atoms with Crippen LogP contribution in [0.3, 0.4) is 0 Å². The van der Waals surface area contributed by atoms with Crippen LogP contribution in [0.15, 0.2) is 60.8 Å². The van der Waals surface area contributed by atoms with Crippen molar-refractivity contribution in [3.8, 4) is 5.75 Å². The number of pyridine rings is 1. The minimum atomic E-state index is -0.431. The van der Waals surface area contributed by atoms with E-state index in [0.717, 1.165) is 35.1 Å². The largest absolute Gasteiger partial charge is 0.497 e. The number of carbonyl (C=O) groups excluding carboxylic acids is 1. The van der Waals surface area contributed by atoms with E-state index in [2.05, 4.69) is 16.4 Å². The molecule has 2 atom stereocenters. The van der Waals surface area contributed by atoms with E-state index in [1.807, 2.05) is 59.6 Å². The molecule has 2 aromatic carbocycles. The number of fused-ring (bicyclic) bond motifs is 1. The molecule has 0 spiro atoms. The maximum absolute atomic E-state index is 12.4. The van der Waals surface area contributed by atoms with Crippen molar-refractivity contribution in [3.63, 3.8) is 0 Å². The van der Waals surface area contributed by atoms with Crippen LogP contribution in [0.5, 0.6) is 5.75 Å². The molecule has 0 saturated carbocycles. The maximum Gasteiger partial charge on any atom is 0.234 e. The Hall–Kier alpha value is -2.96. The summed E-state index contributed by atoms with van der Waals surface area (Å²) >= 11 is 0. The van der Waals surface area contributed by atoms with Crippen LogP contribution in [0.2, 0.25) is 0 Å². The molecule has 6 heteroatoms. The number of aliphatic hydroxyl groups excluding tert-OH is 1. The van der Waals surface area contributed by atoms with Crippen molar-refractivity contribution in [1.82, 2.24) is 15.2 Å². The van der Waals surface area contributed by atoms with Crippen molar-refractivity contribution in [2.24, 2.45) is 5.92 Å². The number of aliphatic hydroxyl groups is 1. The predicted molar refractivity (Wildman–Crippen MR) is 121 cm³/mol. The molecule has 0 bridgehead atoms. The number of amides is 1. The molecule has 2 heterocycles. The van der Waals surface area contributed by atoms with Crippen LogP contribution in [0.1, 0.15) is 11.1 Å². The summed E-state index contributed by atoms with van der Waals surface area (Å²) in [6, 6.07) is 18.0. The third-order valence-electron chi connectivity index (χ3n) is 5.97. The molecule has 0 radical (unpaired) electrons. The summed E-state index contributed by atoms with van der Waals surface area (Å²) in [4.78, 5) is 18.8. The van der Waals surface area contributed by atoms with Crippen molar-refractivity contribution in [2.45, 2.75) is 18.9 Å². The number of nitrogens with zero attached hydrogens (tertiary/aromatic N) is 2. The van der Waals surface area contributed by atoms with Crippen LogP contribution >= 0.6 is 0 Å². The van der Waals surface area contributed by atoms with E-state index in [-0.39, 0.29) is 11.8 Å². The number of carbonyl (C=O) groups is 1. The van der Waals surface area contributed by atoms with Gasteiger partial charge in [-0.05, 0) is 48.2 Å². The van der Waals surface area contributed by atoms with Crippen molar-refractivity contribution in [3.05, 3.63) is 71.9 Å². The second-order valence-electron chi connectivity index (χ2n) is 8.16. The number of β-amino-alcohol motifs (C(OH)–C–C–N with tert-alkyl or cyclic N) is 1. The highest BCUT2D eigenvalue weighted by molar-refractivity contribution is 5.81. The molecule has 2 N–H and O–H groups in total. The summed E-state index contributed by atoms with van der Waals surface area (Å²) in [5.41, 5.74) is 3.32. The van der Waals surface area contributed by atoms with Gasteiger partial charge in [0.25, 0.3) is 0 Å². The SMILES string of the molecule is COc1ccc(CCNC(=O)CN2CC(O)C(Cc3ccnc4ccccc34)C2)cc1. The topological polar surface area (TPSA) is 74.7 Å². The Morgan fingerprint density at radius 2 is 1.97 bits per heavy atom. The molecule has 1 aliphatic rings. The van der Waals surface area contributed by atoms with Gasteiger partial charge < -0.3 is 15.2 Å². The van der Waals surface area contributed by atoms with E-state index < -0.39 is 6.10 Å². The fourth-order valence-corrected chi connectivity index (χ4v) is 4.28. The fourth-order valence-electron chi connectivity index (χ4n) is 4.28. The van der Waals surface area contributed by atoms with E-state index in [0.29, 0.717) is 26.2 Å². The Morgan fingerprint density at radius 1 is 1.16 bits per heavy atom. The van der Waals surface area contributed by atoms with Gasteiger partial charge in [0.05, 0.1) is 25.3 Å². The van der Waals surface area contributed by atoms with Gasteiger partial charge in [-0.15, -0.1) is 0 Å². The average molecular weight is 420 g/mol. The summed E-state index contributed by atoms with van der Waals surface area (Å²) in [6.07, 6.45) is 2.95. The number of para-hydroxylation sites is 1. The molecule has 1 amide bonds. The molecule has 1 saturated heterocycles. The third-order valence-corrected chi connectivity index (χ3v) is 5.97. The molecule has 1 aromatic heterocycles. The molecular weight excluding hydrogens is 390 g/mol. The summed E-state index contributed by atoms with van der Waals surface area (Å²) in [7, 11) is 1.65. The molecule has 3 aromatic rings. The Balaban J connectivity index is 1.26. The lowest BCUT2D eigenvalue weighted by Crippen LogP contribution is -2.37. The summed E-state index contributed by atoms with van der Waals surface area (Å²) in [5.74, 6) is 0.934. The van der Waals surface area contributed by atoms with Gasteiger partial charge in [-0.25, -0.2) is 0 Å². The number of likely N-dealkylation sites (tertiary alicyclic amines) is 1. The summed E-state index contributed by atoms with van der Waals surface area (Å²) in [6.45, 7) is 2.14. The van der Waals surface area contributed by atoms with Gasteiger partial charge in [-0.3, -0.25) is 14.7 Å². The zero-order valence-corrected chi connectivity index (χ0v) is 17.8. The van der Waals surface area contributed by atoms with Gasteiger partial charge in [0.1, 0.15) is 5.75 Å². The minimum Gasteiger partial charge on any atom is -0.497 e. The van der Waals surface area contributed by atoms with E-state index >= 15 is 0 Å². The first-order chi connectivity index (χ1) is 15.1. The molecule has 162 valence electrons. The summed E-state index contributed by atoms with van der Waals surface area (Å²) < 4.78 is 5.16. The number of hydrogen-bond donors (Lipinski definition) is 2. The highest BCUT2D eigenvalue weighted by atomic mass is 16.5. The second-order valence-corrected chi connectivity index (χ2v) is 8.16. The van der Waals surface area contributed by atoms with Gasteiger partial charge in [0.15, 0.2) is 0 Å². The molecule has 31 heavy (non-hydrogen) atoms. The number of methoxy groups -OCH3 is 1. The van der Waals surface area contributed by atoms with Crippen molar-refractivity contribution >= 4 is 16.8 Å².